The molecule has 2 aromatic rings. The minimum Gasteiger partial charge on any atom is -0.351 e. The molecule has 1 heterocycles. The van der Waals surface area contributed by atoms with Gasteiger partial charge in [0.2, 0.25) is 5.95 Å². The summed E-state index contributed by atoms with van der Waals surface area (Å²) in [6.07, 6.45) is 4.28. The molecule has 0 saturated heterocycles. The smallest absolute Gasteiger partial charge is 0.223 e. The van der Waals surface area contributed by atoms with E-state index in [0.29, 0.717) is 6.04 Å². The van der Waals surface area contributed by atoms with Gasteiger partial charge in [0.05, 0.1) is 5.69 Å². The number of anilines is 1. The standard InChI is InChI=1S/C14H15N3/c1-10-2-4-11(5-3-10)13-8-9-15-14(17-13)16-12-6-7-12/h2-5,8-9,12H,6-7H2,1H3,(H,15,16,17). The maximum absolute atomic E-state index is 4.53. The van der Waals surface area contributed by atoms with Crippen LogP contribution in [-0.4, -0.2) is 16.0 Å². The van der Waals surface area contributed by atoms with Crippen molar-refractivity contribution in [1.29, 1.82) is 0 Å². The Bertz CT molecular complexity index is 515. The van der Waals surface area contributed by atoms with Crippen LogP contribution in [0.5, 0.6) is 0 Å². The van der Waals surface area contributed by atoms with E-state index in [0.717, 1.165) is 17.2 Å². The van der Waals surface area contributed by atoms with Gasteiger partial charge in [-0.15, -0.1) is 0 Å². The summed E-state index contributed by atoms with van der Waals surface area (Å²) in [7, 11) is 0. The monoisotopic (exact) mass is 225 g/mol. The molecule has 1 aliphatic rings. The highest BCUT2D eigenvalue weighted by Crippen LogP contribution is 2.24. The van der Waals surface area contributed by atoms with Gasteiger partial charge in [0, 0.05) is 17.8 Å². The van der Waals surface area contributed by atoms with Crippen LogP contribution in [0.25, 0.3) is 11.3 Å². The molecule has 0 bridgehead atoms. The third-order valence-electron chi connectivity index (χ3n) is 2.91. The Morgan fingerprint density at radius 3 is 2.59 bits per heavy atom. The molecular formula is C14H15N3. The summed E-state index contributed by atoms with van der Waals surface area (Å²) in [5.41, 5.74) is 3.37. The molecule has 0 atom stereocenters. The average Bonchev–Trinajstić information content (AvgIpc) is 3.14. The molecule has 0 spiro atoms. The van der Waals surface area contributed by atoms with Crippen LogP contribution in [0.4, 0.5) is 5.95 Å². The first-order chi connectivity index (χ1) is 8.31. The first kappa shape index (κ1) is 10.3. The number of hydrogen-bond donors (Lipinski definition) is 1. The third kappa shape index (κ3) is 2.44. The lowest BCUT2D eigenvalue weighted by Gasteiger charge is -2.05. The van der Waals surface area contributed by atoms with Crippen LogP contribution in [0.1, 0.15) is 18.4 Å². The van der Waals surface area contributed by atoms with Crippen molar-refractivity contribution >= 4 is 5.95 Å². The molecule has 0 amide bonds. The van der Waals surface area contributed by atoms with E-state index in [1.54, 1.807) is 0 Å². The first-order valence-electron chi connectivity index (χ1n) is 5.98. The lowest BCUT2D eigenvalue weighted by Crippen LogP contribution is -2.05. The van der Waals surface area contributed by atoms with Gasteiger partial charge in [-0.05, 0) is 25.8 Å². The lowest BCUT2D eigenvalue weighted by molar-refractivity contribution is 1.06. The second-order valence-corrected chi connectivity index (χ2v) is 4.55. The number of aromatic nitrogens is 2. The van der Waals surface area contributed by atoms with Gasteiger partial charge in [-0.2, -0.15) is 0 Å². The number of nitrogens with zero attached hydrogens (tertiary/aromatic N) is 2. The van der Waals surface area contributed by atoms with Crippen LogP contribution in [0.3, 0.4) is 0 Å². The predicted molar refractivity (Wildman–Crippen MR) is 68.8 cm³/mol. The van der Waals surface area contributed by atoms with E-state index in [4.69, 9.17) is 0 Å². The minimum absolute atomic E-state index is 0.586. The topological polar surface area (TPSA) is 37.8 Å². The Morgan fingerprint density at radius 1 is 1.12 bits per heavy atom. The summed E-state index contributed by atoms with van der Waals surface area (Å²) in [6, 6.07) is 10.9. The molecule has 1 aromatic carbocycles. The van der Waals surface area contributed by atoms with E-state index in [9.17, 15) is 0 Å². The zero-order chi connectivity index (χ0) is 11.7. The summed E-state index contributed by atoms with van der Waals surface area (Å²) in [4.78, 5) is 8.77. The average molecular weight is 225 g/mol. The van der Waals surface area contributed by atoms with Crippen molar-refractivity contribution in [3.05, 3.63) is 42.1 Å². The fourth-order valence-corrected chi connectivity index (χ4v) is 1.72. The normalized spacial score (nSPS) is 14.6. The van der Waals surface area contributed by atoms with E-state index < -0.39 is 0 Å². The molecule has 0 aliphatic heterocycles. The molecule has 3 rings (SSSR count). The highest BCUT2D eigenvalue weighted by Gasteiger charge is 2.21. The van der Waals surface area contributed by atoms with Crippen molar-refractivity contribution in [2.75, 3.05) is 5.32 Å². The number of benzene rings is 1. The van der Waals surface area contributed by atoms with E-state index in [1.807, 2.05) is 12.3 Å². The number of nitrogens with one attached hydrogen (secondary N) is 1. The van der Waals surface area contributed by atoms with Crippen molar-refractivity contribution in [2.45, 2.75) is 25.8 Å². The molecular weight excluding hydrogens is 210 g/mol. The van der Waals surface area contributed by atoms with Gasteiger partial charge in [-0.1, -0.05) is 29.8 Å². The summed E-state index contributed by atoms with van der Waals surface area (Å²) in [6.45, 7) is 2.09. The van der Waals surface area contributed by atoms with Crippen LogP contribution in [-0.2, 0) is 0 Å². The Labute approximate surface area is 101 Å². The van der Waals surface area contributed by atoms with Gasteiger partial charge < -0.3 is 5.32 Å². The fraction of sp³-hybridized carbons (Fsp3) is 0.286. The van der Waals surface area contributed by atoms with Crippen LogP contribution in [0.2, 0.25) is 0 Å². The first-order valence-corrected chi connectivity index (χ1v) is 5.98. The quantitative estimate of drug-likeness (QED) is 0.872. The van der Waals surface area contributed by atoms with E-state index in [2.05, 4.69) is 46.5 Å². The van der Waals surface area contributed by atoms with Crippen LogP contribution >= 0.6 is 0 Å². The highest BCUT2D eigenvalue weighted by atomic mass is 15.1. The molecule has 3 nitrogen and oxygen atoms in total. The fourth-order valence-electron chi connectivity index (χ4n) is 1.72. The molecule has 1 aromatic heterocycles. The van der Waals surface area contributed by atoms with Crippen LogP contribution in [0.15, 0.2) is 36.5 Å². The summed E-state index contributed by atoms with van der Waals surface area (Å²) >= 11 is 0. The zero-order valence-corrected chi connectivity index (χ0v) is 9.85. The summed E-state index contributed by atoms with van der Waals surface area (Å²) < 4.78 is 0. The van der Waals surface area contributed by atoms with Gasteiger partial charge in [0.25, 0.3) is 0 Å². The molecule has 0 unspecified atom stereocenters. The van der Waals surface area contributed by atoms with E-state index >= 15 is 0 Å². The Morgan fingerprint density at radius 2 is 1.88 bits per heavy atom. The van der Waals surface area contributed by atoms with Gasteiger partial charge in [0.1, 0.15) is 0 Å². The van der Waals surface area contributed by atoms with Gasteiger partial charge in [-0.3, -0.25) is 0 Å². The molecule has 3 heteroatoms. The third-order valence-corrected chi connectivity index (χ3v) is 2.91. The second-order valence-electron chi connectivity index (χ2n) is 4.55. The summed E-state index contributed by atoms with van der Waals surface area (Å²) in [5.74, 6) is 0.741. The number of hydrogen-bond acceptors (Lipinski definition) is 3. The van der Waals surface area contributed by atoms with Crippen molar-refractivity contribution in [1.82, 2.24) is 9.97 Å². The molecule has 1 saturated carbocycles. The van der Waals surface area contributed by atoms with Crippen molar-refractivity contribution in [3.8, 4) is 11.3 Å². The van der Waals surface area contributed by atoms with E-state index in [-0.39, 0.29) is 0 Å². The van der Waals surface area contributed by atoms with Crippen molar-refractivity contribution < 1.29 is 0 Å². The maximum atomic E-state index is 4.53. The number of rotatable bonds is 3. The summed E-state index contributed by atoms with van der Waals surface area (Å²) in [5, 5.41) is 3.32. The lowest BCUT2D eigenvalue weighted by atomic mass is 10.1. The molecule has 86 valence electrons. The second kappa shape index (κ2) is 4.17. The van der Waals surface area contributed by atoms with Crippen LogP contribution in [0, 0.1) is 6.92 Å². The largest absolute Gasteiger partial charge is 0.351 e. The van der Waals surface area contributed by atoms with Crippen LogP contribution < -0.4 is 5.32 Å². The van der Waals surface area contributed by atoms with Gasteiger partial charge >= 0.3 is 0 Å². The maximum Gasteiger partial charge on any atom is 0.223 e. The minimum atomic E-state index is 0.586. The van der Waals surface area contributed by atoms with Gasteiger partial charge in [0.15, 0.2) is 0 Å². The molecule has 0 radical (unpaired) electrons. The molecule has 1 N–H and O–H groups in total. The molecule has 17 heavy (non-hydrogen) atoms. The Balaban J connectivity index is 1.88. The Kier molecular flexibility index (Phi) is 2.52. The van der Waals surface area contributed by atoms with Crippen molar-refractivity contribution in [3.63, 3.8) is 0 Å². The van der Waals surface area contributed by atoms with Gasteiger partial charge in [-0.25, -0.2) is 9.97 Å². The highest BCUT2D eigenvalue weighted by molar-refractivity contribution is 5.60. The molecule has 1 fully saturated rings. The van der Waals surface area contributed by atoms with Crippen molar-refractivity contribution in [2.24, 2.45) is 0 Å². The zero-order valence-electron chi connectivity index (χ0n) is 9.85. The predicted octanol–water partition coefficient (Wildman–Crippen LogP) is 3.03. The molecule has 1 aliphatic carbocycles. The Hall–Kier alpha value is -1.90. The number of aryl methyl sites for hydroxylation is 1. The van der Waals surface area contributed by atoms with E-state index in [1.165, 1.54) is 18.4 Å². The SMILES string of the molecule is Cc1ccc(-c2ccnc(NC3CC3)n2)cc1.